The number of para-hydroxylation sites is 1. The molecular weight excluding hydrogens is 477 g/mol. The van der Waals surface area contributed by atoms with Crippen molar-refractivity contribution in [3.8, 4) is 0 Å². The van der Waals surface area contributed by atoms with E-state index in [0.717, 1.165) is 6.07 Å². The van der Waals surface area contributed by atoms with Gasteiger partial charge in [0.15, 0.2) is 0 Å². The van der Waals surface area contributed by atoms with Crippen LogP contribution in [0, 0.1) is 10.1 Å². The summed E-state index contributed by atoms with van der Waals surface area (Å²) in [4.78, 5) is 22.7. The number of halogens is 2. The number of non-ortho nitro benzene ring substituents is 1. The first-order valence-electron chi connectivity index (χ1n) is 9.27. The third-order valence-electron chi connectivity index (χ3n) is 4.50. The van der Waals surface area contributed by atoms with E-state index in [0.29, 0.717) is 5.69 Å². The van der Waals surface area contributed by atoms with Gasteiger partial charge in [0, 0.05) is 24.4 Å². The van der Waals surface area contributed by atoms with E-state index >= 15 is 0 Å². The van der Waals surface area contributed by atoms with E-state index in [-0.39, 0.29) is 38.4 Å². The number of sulfonamides is 1. The molecule has 0 aromatic heterocycles. The molecule has 0 atom stereocenters. The molecule has 0 radical (unpaired) electrons. The average molecular weight is 494 g/mol. The number of carbonyl (C=O) groups is 1. The van der Waals surface area contributed by atoms with Crippen molar-refractivity contribution < 1.29 is 18.1 Å². The summed E-state index contributed by atoms with van der Waals surface area (Å²) in [6.45, 7) is 1.81. The molecule has 0 saturated heterocycles. The zero-order chi connectivity index (χ0) is 23.5. The largest absolute Gasteiger partial charge is 0.322 e. The Morgan fingerprint density at radius 3 is 2.22 bits per heavy atom. The van der Waals surface area contributed by atoms with Crippen molar-refractivity contribution >= 4 is 56.2 Å². The lowest BCUT2D eigenvalue weighted by Crippen LogP contribution is -2.31. The van der Waals surface area contributed by atoms with Crippen molar-refractivity contribution in [1.29, 1.82) is 0 Å². The van der Waals surface area contributed by atoms with E-state index in [9.17, 15) is 23.3 Å². The monoisotopic (exact) mass is 493 g/mol. The predicted molar refractivity (Wildman–Crippen MR) is 124 cm³/mol. The zero-order valence-electron chi connectivity index (χ0n) is 16.7. The minimum absolute atomic E-state index is 0.0453. The Balaban J connectivity index is 1.98. The van der Waals surface area contributed by atoms with Crippen LogP contribution in [0.5, 0.6) is 0 Å². The van der Waals surface area contributed by atoms with Crippen LogP contribution in [0.2, 0.25) is 10.0 Å². The van der Waals surface area contributed by atoms with Gasteiger partial charge in [-0.15, -0.1) is 0 Å². The molecule has 3 rings (SSSR count). The smallest absolute Gasteiger partial charge is 0.269 e. The molecule has 8 nitrogen and oxygen atoms in total. The molecule has 0 aliphatic carbocycles. The summed E-state index contributed by atoms with van der Waals surface area (Å²) in [5, 5.41) is 13.1. The lowest BCUT2D eigenvalue weighted by Gasteiger charge is -2.24. The van der Waals surface area contributed by atoms with E-state index in [1.807, 2.05) is 0 Å². The standard InChI is InChI=1S/C21H17Cl2N3O5S/c1-2-25(15-6-4-3-5-7-15)32(30,31)20-12-17(18(22)13-19(20)23)21(27)24-14-8-10-16(11-9-14)26(28)29/h3-13H,2H2,1H3,(H,24,27). The summed E-state index contributed by atoms with van der Waals surface area (Å²) < 4.78 is 27.8. The van der Waals surface area contributed by atoms with Crippen molar-refractivity contribution in [2.45, 2.75) is 11.8 Å². The van der Waals surface area contributed by atoms with Gasteiger partial charge in [-0.05, 0) is 43.3 Å². The summed E-state index contributed by atoms with van der Waals surface area (Å²) >= 11 is 12.4. The maximum absolute atomic E-state index is 13.3. The zero-order valence-corrected chi connectivity index (χ0v) is 19.0. The van der Waals surface area contributed by atoms with Gasteiger partial charge in [0.25, 0.3) is 21.6 Å². The molecule has 1 N–H and O–H groups in total. The molecule has 3 aromatic rings. The SMILES string of the molecule is CCN(c1ccccc1)S(=O)(=O)c1cc(C(=O)Nc2ccc([N+](=O)[O-])cc2)c(Cl)cc1Cl. The van der Waals surface area contributed by atoms with Crippen molar-refractivity contribution in [3.05, 3.63) is 92.5 Å². The molecule has 32 heavy (non-hydrogen) atoms. The number of anilines is 2. The maximum Gasteiger partial charge on any atom is 0.269 e. The second kappa shape index (κ2) is 9.56. The molecular formula is C21H17Cl2N3O5S. The number of amides is 1. The third kappa shape index (κ3) is 4.85. The van der Waals surface area contributed by atoms with Crippen molar-refractivity contribution in [2.75, 3.05) is 16.2 Å². The fourth-order valence-corrected chi connectivity index (χ4v) is 5.28. The van der Waals surface area contributed by atoms with Crippen LogP contribution >= 0.6 is 23.2 Å². The number of rotatable bonds is 7. The number of hydrogen-bond donors (Lipinski definition) is 1. The van der Waals surface area contributed by atoms with Gasteiger partial charge in [-0.1, -0.05) is 41.4 Å². The van der Waals surface area contributed by atoms with Crippen LogP contribution in [-0.4, -0.2) is 25.8 Å². The number of nitro benzene ring substituents is 1. The molecule has 0 spiro atoms. The lowest BCUT2D eigenvalue weighted by atomic mass is 10.2. The highest BCUT2D eigenvalue weighted by Gasteiger charge is 2.28. The summed E-state index contributed by atoms with van der Waals surface area (Å²) in [6.07, 6.45) is 0. The fourth-order valence-electron chi connectivity index (χ4n) is 2.97. The van der Waals surface area contributed by atoms with Gasteiger partial charge in [-0.2, -0.15) is 0 Å². The van der Waals surface area contributed by atoms with Gasteiger partial charge >= 0.3 is 0 Å². The Bertz CT molecular complexity index is 1270. The number of nitrogens with zero attached hydrogens (tertiary/aromatic N) is 2. The molecule has 0 fully saturated rings. The highest BCUT2D eigenvalue weighted by molar-refractivity contribution is 7.93. The minimum Gasteiger partial charge on any atom is -0.322 e. The van der Waals surface area contributed by atoms with Gasteiger partial charge in [-0.3, -0.25) is 19.2 Å². The molecule has 11 heteroatoms. The normalized spacial score (nSPS) is 11.1. The van der Waals surface area contributed by atoms with E-state index in [2.05, 4.69) is 5.32 Å². The van der Waals surface area contributed by atoms with Crippen molar-refractivity contribution in [1.82, 2.24) is 0 Å². The van der Waals surface area contributed by atoms with Crippen LogP contribution in [0.25, 0.3) is 0 Å². The number of carbonyl (C=O) groups excluding carboxylic acids is 1. The lowest BCUT2D eigenvalue weighted by molar-refractivity contribution is -0.384. The van der Waals surface area contributed by atoms with Gasteiger partial charge in [-0.25, -0.2) is 8.42 Å². The molecule has 0 saturated carbocycles. The molecule has 3 aromatic carbocycles. The molecule has 0 aliphatic rings. The Kier molecular flexibility index (Phi) is 7.02. The molecule has 0 unspecified atom stereocenters. The Hall–Kier alpha value is -3.14. The third-order valence-corrected chi connectivity index (χ3v) is 7.18. The number of nitro groups is 1. The molecule has 1 amide bonds. The van der Waals surface area contributed by atoms with E-state index in [1.165, 1.54) is 34.6 Å². The van der Waals surface area contributed by atoms with Crippen LogP contribution in [0.15, 0.2) is 71.6 Å². The van der Waals surface area contributed by atoms with Crippen molar-refractivity contribution in [2.24, 2.45) is 0 Å². The fraction of sp³-hybridized carbons (Fsp3) is 0.0952. The number of nitrogens with one attached hydrogen (secondary N) is 1. The van der Waals surface area contributed by atoms with Crippen LogP contribution in [0.4, 0.5) is 17.1 Å². The Morgan fingerprint density at radius 2 is 1.66 bits per heavy atom. The van der Waals surface area contributed by atoms with Crippen LogP contribution < -0.4 is 9.62 Å². The van der Waals surface area contributed by atoms with Crippen LogP contribution in [0.3, 0.4) is 0 Å². The first kappa shape index (κ1) is 23.5. The summed E-state index contributed by atoms with van der Waals surface area (Å²) in [5.74, 6) is -0.695. The van der Waals surface area contributed by atoms with Crippen LogP contribution in [-0.2, 0) is 10.0 Å². The van der Waals surface area contributed by atoms with Gasteiger partial charge in [0.2, 0.25) is 0 Å². The number of hydrogen-bond acceptors (Lipinski definition) is 5. The van der Waals surface area contributed by atoms with Crippen LogP contribution in [0.1, 0.15) is 17.3 Å². The highest BCUT2D eigenvalue weighted by Crippen LogP contribution is 2.33. The van der Waals surface area contributed by atoms with E-state index in [1.54, 1.807) is 37.3 Å². The Labute approximate surface area is 194 Å². The summed E-state index contributed by atoms with van der Waals surface area (Å²) in [7, 11) is -4.11. The van der Waals surface area contributed by atoms with E-state index in [4.69, 9.17) is 23.2 Å². The first-order valence-corrected chi connectivity index (χ1v) is 11.5. The Morgan fingerprint density at radius 1 is 1.03 bits per heavy atom. The number of benzene rings is 3. The molecule has 0 bridgehead atoms. The summed E-state index contributed by atoms with van der Waals surface area (Å²) in [5.41, 5.74) is 0.465. The van der Waals surface area contributed by atoms with Gasteiger partial charge in [0.05, 0.1) is 26.2 Å². The highest BCUT2D eigenvalue weighted by atomic mass is 35.5. The predicted octanol–water partition coefficient (Wildman–Crippen LogP) is 5.37. The van der Waals surface area contributed by atoms with Crippen molar-refractivity contribution in [3.63, 3.8) is 0 Å². The average Bonchev–Trinajstić information content (AvgIpc) is 2.75. The molecule has 0 aliphatic heterocycles. The van der Waals surface area contributed by atoms with Gasteiger partial charge < -0.3 is 5.32 Å². The second-order valence-electron chi connectivity index (χ2n) is 6.53. The second-order valence-corrected chi connectivity index (χ2v) is 9.17. The summed E-state index contributed by atoms with van der Waals surface area (Å²) in [6, 6.07) is 15.9. The quantitative estimate of drug-likeness (QED) is 0.351. The first-order chi connectivity index (χ1) is 15.1. The maximum atomic E-state index is 13.3. The van der Waals surface area contributed by atoms with E-state index < -0.39 is 20.9 Å². The molecule has 166 valence electrons. The topological polar surface area (TPSA) is 110 Å². The van der Waals surface area contributed by atoms with Gasteiger partial charge in [0.1, 0.15) is 4.90 Å². The molecule has 0 heterocycles. The minimum atomic E-state index is -4.11.